The number of rotatable bonds is 4. The first-order chi connectivity index (χ1) is 11.2. The third-order valence-electron chi connectivity index (χ3n) is 5.07. The van der Waals surface area contributed by atoms with Crippen LogP contribution in [0.25, 0.3) is 0 Å². The lowest BCUT2D eigenvalue weighted by molar-refractivity contribution is -0.0774. The highest BCUT2D eigenvalue weighted by Crippen LogP contribution is 2.34. The summed E-state index contributed by atoms with van der Waals surface area (Å²) < 4.78 is 1.07. The average molecular weight is 372 g/mol. The first-order valence-electron chi connectivity index (χ1n) is 8.30. The number of hydrogen-bond acceptors (Lipinski definition) is 3. The van der Waals surface area contributed by atoms with Crippen LogP contribution in [0.4, 0.5) is 0 Å². The van der Waals surface area contributed by atoms with Gasteiger partial charge in [0.1, 0.15) is 0 Å². The number of hydrogen-bond donors (Lipinski definition) is 0. The molecule has 0 spiro atoms. The Bertz CT molecular complexity index is 673. The first-order valence-corrected chi connectivity index (χ1v) is 9.10. The molecule has 3 nitrogen and oxygen atoms in total. The van der Waals surface area contributed by atoms with E-state index in [1.165, 1.54) is 36.2 Å². The molecule has 3 saturated heterocycles. The molecule has 0 aliphatic carbocycles. The van der Waals surface area contributed by atoms with Crippen LogP contribution in [0.2, 0.25) is 0 Å². The molecular formula is C19H22BrN3. The number of pyridine rings is 1. The maximum atomic E-state index is 4.27. The van der Waals surface area contributed by atoms with Crippen molar-refractivity contribution in [1.29, 1.82) is 0 Å². The van der Waals surface area contributed by atoms with E-state index in [9.17, 15) is 0 Å². The normalized spacial score (nSPS) is 24.4. The predicted molar refractivity (Wildman–Crippen MR) is 96.1 cm³/mol. The summed E-state index contributed by atoms with van der Waals surface area (Å²) in [5.74, 6) is 0. The van der Waals surface area contributed by atoms with Gasteiger partial charge in [0.15, 0.2) is 0 Å². The molecule has 5 rings (SSSR count). The Kier molecular flexibility index (Phi) is 4.22. The second-order valence-electron chi connectivity index (χ2n) is 6.91. The smallest absolute Gasteiger partial charge is 0.0410 e. The van der Waals surface area contributed by atoms with Crippen molar-refractivity contribution < 1.29 is 0 Å². The van der Waals surface area contributed by atoms with Gasteiger partial charge in [-0.2, -0.15) is 0 Å². The molecule has 3 aliphatic rings. The topological polar surface area (TPSA) is 19.4 Å². The quantitative estimate of drug-likeness (QED) is 0.818. The standard InChI is InChI=1S/C19H22BrN3/c1-14-2-4-15(5-3-14)11-23-18-7-19(23)13-22(12-18)10-16-6-17(20)9-21-8-16/h2-6,8-9,18-19H,7,10-13H2,1H3. The highest BCUT2D eigenvalue weighted by Gasteiger charge is 2.44. The molecule has 1 aromatic carbocycles. The lowest BCUT2D eigenvalue weighted by Crippen LogP contribution is -2.67. The largest absolute Gasteiger partial charge is 0.296 e. The predicted octanol–water partition coefficient (Wildman–Crippen LogP) is 3.61. The van der Waals surface area contributed by atoms with Gasteiger partial charge in [0.05, 0.1) is 0 Å². The molecule has 23 heavy (non-hydrogen) atoms. The number of benzene rings is 1. The molecule has 3 fully saturated rings. The Morgan fingerprint density at radius 3 is 2.48 bits per heavy atom. The Labute approximate surface area is 146 Å². The minimum atomic E-state index is 0.718. The molecule has 3 aliphatic heterocycles. The monoisotopic (exact) mass is 371 g/mol. The van der Waals surface area contributed by atoms with Gasteiger partial charge in [0.2, 0.25) is 0 Å². The van der Waals surface area contributed by atoms with Crippen molar-refractivity contribution in [3.05, 3.63) is 63.9 Å². The summed E-state index contributed by atoms with van der Waals surface area (Å²) in [6, 6.07) is 12.6. The highest BCUT2D eigenvalue weighted by atomic mass is 79.9. The van der Waals surface area contributed by atoms with Gasteiger partial charge in [-0.05, 0) is 46.5 Å². The average Bonchev–Trinajstić information content (AvgIpc) is 2.54. The molecule has 0 N–H and O–H groups in total. The Balaban J connectivity index is 1.35. The van der Waals surface area contributed by atoms with Gasteiger partial charge in [-0.3, -0.25) is 14.8 Å². The van der Waals surface area contributed by atoms with Crippen LogP contribution in [0.3, 0.4) is 0 Å². The van der Waals surface area contributed by atoms with Gasteiger partial charge in [0, 0.05) is 55.1 Å². The minimum Gasteiger partial charge on any atom is -0.296 e. The number of piperidine rings is 1. The second-order valence-corrected chi connectivity index (χ2v) is 7.82. The van der Waals surface area contributed by atoms with Crippen LogP contribution in [0.5, 0.6) is 0 Å². The van der Waals surface area contributed by atoms with Crippen molar-refractivity contribution in [2.45, 2.75) is 38.5 Å². The van der Waals surface area contributed by atoms with Crippen LogP contribution < -0.4 is 0 Å². The van der Waals surface area contributed by atoms with Crippen molar-refractivity contribution in [1.82, 2.24) is 14.8 Å². The van der Waals surface area contributed by atoms with Gasteiger partial charge in [0.25, 0.3) is 0 Å². The molecule has 0 radical (unpaired) electrons. The number of piperazine rings is 1. The van der Waals surface area contributed by atoms with E-state index >= 15 is 0 Å². The number of aromatic nitrogens is 1. The minimum absolute atomic E-state index is 0.718. The number of aryl methyl sites for hydroxylation is 1. The molecule has 1 aromatic heterocycles. The van der Waals surface area contributed by atoms with Crippen molar-refractivity contribution in [2.24, 2.45) is 0 Å². The Morgan fingerprint density at radius 2 is 1.78 bits per heavy atom. The first kappa shape index (κ1) is 15.3. The summed E-state index contributed by atoms with van der Waals surface area (Å²) in [5, 5.41) is 0. The molecule has 2 aromatic rings. The zero-order valence-electron chi connectivity index (χ0n) is 13.5. The fraction of sp³-hybridized carbons (Fsp3) is 0.421. The molecule has 120 valence electrons. The zero-order chi connectivity index (χ0) is 15.8. The van der Waals surface area contributed by atoms with E-state index in [1.807, 2.05) is 12.4 Å². The lowest BCUT2D eigenvalue weighted by atomic mass is 9.86. The van der Waals surface area contributed by atoms with Crippen molar-refractivity contribution in [3.8, 4) is 0 Å². The van der Waals surface area contributed by atoms with E-state index in [0.717, 1.165) is 29.6 Å². The molecular weight excluding hydrogens is 350 g/mol. The van der Waals surface area contributed by atoms with E-state index in [4.69, 9.17) is 0 Å². The van der Waals surface area contributed by atoms with Gasteiger partial charge in [-0.25, -0.2) is 0 Å². The van der Waals surface area contributed by atoms with Crippen LogP contribution in [-0.4, -0.2) is 40.0 Å². The molecule has 2 bridgehead atoms. The number of fused-ring (bicyclic) bond motifs is 2. The lowest BCUT2D eigenvalue weighted by Gasteiger charge is -2.56. The molecule has 2 atom stereocenters. The fourth-order valence-electron chi connectivity index (χ4n) is 3.87. The van der Waals surface area contributed by atoms with Crippen LogP contribution in [0.1, 0.15) is 23.1 Å². The summed E-state index contributed by atoms with van der Waals surface area (Å²) in [4.78, 5) is 9.53. The molecule has 2 unspecified atom stereocenters. The van der Waals surface area contributed by atoms with Crippen LogP contribution in [0, 0.1) is 6.92 Å². The van der Waals surface area contributed by atoms with E-state index in [-0.39, 0.29) is 0 Å². The van der Waals surface area contributed by atoms with Gasteiger partial charge >= 0.3 is 0 Å². The van der Waals surface area contributed by atoms with Gasteiger partial charge < -0.3 is 0 Å². The summed E-state index contributed by atoms with van der Waals surface area (Å²) in [6.45, 7) is 6.61. The third-order valence-corrected chi connectivity index (χ3v) is 5.51. The maximum Gasteiger partial charge on any atom is 0.0410 e. The Morgan fingerprint density at radius 1 is 1.04 bits per heavy atom. The summed E-state index contributed by atoms with van der Waals surface area (Å²) in [6.07, 6.45) is 5.19. The van der Waals surface area contributed by atoms with Crippen LogP contribution >= 0.6 is 15.9 Å². The number of halogens is 1. The fourth-order valence-corrected chi connectivity index (χ4v) is 4.28. The van der Waals surface area contributed by atoms with Crippen molar-refractivity contribution in [3.63, 3.8) is 0 Å². The van der Waals surface area contributed by atoms with Gasteiger partial charge in [-0.1, -0.05) is 29.8 Å². The maximum absolute atomic E-state index is 4.27. The van der Waals surface area contributed by atoms with Crippen LogP contribution in [-0.2, 0) is 13.1 Å². The molecule has 0 amide bonds. The van der Waals surface area contributed by atoms with E-state index in [0.29, 0.717) is 0 Å². The van der Waals surface area contributed by atoms with Crippen molar-refractivity contribution in [2.75, 3.05) is 13.1 Å². The molecule has 4 heteroatoms. The molecule has 0 saturated carbocycles. The summed E-state index contributed by atoms with van der Waals surface area (Å²) in [7, 11) is 0. The Hall–Kier alpha value is -1.23. The van der Waals surface area contributed by atoms with E-state index in [1.54, 1.807) is 0 Å². The van der Waals surface area contributed by atoms with Crippen LogP contribution in [0.15, 0.2) is 47.2 Å². The van der Waals surface area contributed by atoms with E-state index in [2.05, 4.69) is 68.0 Å². The van der Waals surface area contributed by atoms with E-state index < -0.39 is 0 Å². The summed E-state index contributed by atoms with van der Waals surface area (Å²) in [5.41, 5.74) is 4.08. The van der Waals surface area contributed by atoms with Crippen molar-refractivity contribution >= 4 is 15.9 Å². The SMILES string of the molecule is Cc1ccc(CN2C3CC2CN(Cc2cncc(Br)c2)C3)cc1. The third kappa shape index (κ3) is 3.35. The zero-order valence-corrected chi connectivity index (χ0v) is 15.0. The van der Waals surface area contributed by atoms with Gasteiger partial charge in [-0.15, -0.1) is 0 Å². The summed E-state index contributed by atoms with van der Waals surface area (Å²) >= 11 is 3.51. The molecule has 4 heterocycles. The number of nitrogens with zero attached hydrogens (tertiary/aromatic N) is 3. The second kappa shape index (κ2) is 6.34. The highest BCUT2D eigenvalue weighted by molar-refractivity contribution is 9.10.